The predicted molar refractivity (Wildman–Crippen MR) is 119 cm³/mol. The first kappa shape index (κ1) is 23.0. The van der Waals surface area contributed by atoms with E-state index in [-0.39, 0.29) is 24.0 Å². The molecular weight excluding hydrogens is 443 g/mol. The molecule has 1 aliphatic heterocycles. The lowest BCUT2D eigenvalue weighted by Gasteiger charge is -2.22. The summed E-state index contributed by atoms with van der Waals surface area (Å²) in [7, 11) is 3.55. The summed E-state index contributed by atoms with van der Waals surface area (Å²) in [6.45, 7) is 6.06. The van der Waals surface area contributed by atoms with Crippen LogP contribution >= 0.6 is 24.0 Å². The van der Waals surface area contributed by atoms with Gasteiger partial charge in [0.2, 0.25) is 0 Å². The summed E-state index contributed by atoms with van der Waals surface area (Å²) in [6.07, 6.45) is 2.20. The van der Waals surface area contributed by atoms with Crippen molar-refractivity contribution in [3.8, 4) is 0 Å². The molecule has 0 aliphatic carbocycles. The fourth-order valence-electron chi connectivity index (χ4n) is 2.96. The van der Waals surface area contributed by atoms with Crippen molar-refractivity contribution >= 4 is 35.6 Å². The molecule has 148 valence electrons. The standard InChI is InChI=1S/C19H32N4O2.HI/c1-20-19(22-11-6-10-21-18-7-4-3-5-8-18)23-12-9-17(15-23)16-25-14-13-24-2;/h3-5,7-8,17,21H,6,9-16H2,1-2H3,(H,20,22);1H. The number of rotatable bonds is 10. The van der Waals surface area contributed by atoms with Crippen molar-refractivity contribution < 1.29 is 9.47 Å². The van der Waals surface area contributed by atoms with E-state index in [4.69, 9.17) is 9.47 Å². The van der Waals surface area contributed by atoms with Gasteiger partial charge < -0.3 is 25.0 Å². The number of benzene rings is 1. The van der Waals surface area contributed by atoms with Crippen LogP contribution in [0.4, 0.5) is 5.69 Å². The van der Waals surface area contributed by atoms with Gasteiger partial charge in [-0.2, -0.15) is 0 Å². The quantitative estimate of drug-likeness (QED) is 0.236. The molecule has 1 atom stereocenters. The molecule has 1 unspecified atom stereocenters. The zero-order valence-corrected chi connectivity index (χ0v) is 18.3. The number of nitrogens with zero attached hydrogens (tertiary/aromatic N) is 2. The van der Waals surface area contributed by atoms with E-state index < -0.39 is 0 Å². The molecule has 26 heavy (non-hydrogen) atoms. The topological polar surface area (TPSA) is 58.1 Å². The first-order chi connectivity index (χ1) is 12.3. The van der Waals surface area contributed by atoms with Gasteiger partial charge in [-0.25, -0.2) is 0 Å². The first-order valence-electron chi connectivity index (χ1n) is 9.14. The van der Waals surface area contributed by atoms with Crippen molar-refractivity contribution in [2.45, 2.75) is 12.8 Å². The number of methoxy groups -OCH3 is 1. The minimum atomic E-state index is 0. The molecule has 0 spiro atoms. The fraction of sp³-hybridized carbons (Fsp3) is 0.632. The van der Waals surface area contributed by atoms with Gasteiger partial charge in [-0.05, 0) is 25.0 Å². The number of aliphatic imine (C=N–C) groups is 1. The molecule has 0 saturated carbocycles. The molecule has 1 saturated heterocycles. The van der Waals surface area contributed by atoms with Crippen LogP contribution in [0.5, 0.6) is 0 Å². The summed E-state index contributed by atoms with van der Waals surface area (Å²) < 4.78 is 10.7. The molecule has 1 aromatic rings. The maximum absolute atomic E-state index is 5.65. The Balaban J connectivity index is 0.00000338. The Morgan fingerprint density at radius 3 is 2.77 bits per heavy atom. The van der Waals surface area contributed by atoms with E-state index in [1.165, 1.54) is 5.69 Å². The number of anilines is 1. The third-order valence-corrected chi connectivity index (χ3v) is 4.32. The van der Waals surface area contributed by atoms with Gasteiger partial charge in [-0.3, -0.25) is 4.99 Å². The third kappa shape index (κ3) is 8.55. The number of likely N-dealkylation sites (tertiary alicyclic amines) is 1. The normalized spacial score (nSPS) is 17.1. The van der Waals surface area contributed by atoms with Gasteiger partial charge in [-0.15, -0.1) is 24.0 Å². The number of hydrogen-bond donors (Lipinski definition) is 2. The van der Waals surface area contributed by atoms with Gasteiger partial charge in [0.05, 0.1) is 19.8 Å². The van der Waals surface area contributed by atoms with Gasteiger partial charge in [0, 0.05) is 51.9 Å². The molecule has 0 radical (unpaired) electrons. The van der Waals surface area contributed by atoms with Crippen molar-refractivity contribution in [2.24, 2.45) is 10.9 Å². The lowest BCUT2D eigenvalue weighted by molar-refractivity contribution is 0.0536. The van der Waals surface area contributed by atoms with E-state index >= 15 is 0 Å². The van der Waals surface area contributed by atoms with Crippen LogP contribution in [0.25, 0.3) is 0 Å². The molecule has 1 aromatic carbocycles. The second kappa shape index (κ2) is 14.1. The van der Waals surface area contributed by atoms with Crippen LogP contribution < -0.4 is 10.6 Å². The molecule has 1 heterocycles. The summed E-state index contributed by atoms with van der Waals surface area (Å²) >= 11 is 0. The number of halogens is 1. The smallest absolute Gasteiger partial charge is 0.193 e. The monoisotopic (exact) mass is 476 g/mol. The Labute approximate surface area is 174 Å². The SMILES string of the molecule is CN=C(NCCCNc1ccccc1)N1CCC(COCCOC)C1.I. The van der Waals surface area contributed by atoms with E-state index in [0.717, 1.165) is 51.6 Å². The van der Waals surface area contributed by atoms with Crippen LogP contribution in [-0.2, 0) is 9.47 Å². The zero-order valence-electron chi connectivity index (χ0n) is 15.9. The molecule has 2 rings (SSSR count). The molecule has 6 nitrogen and oxygen atoms in total. The highest BCUT2D eigenvalue weighted by molar-refractivity contribution is 14.0. The van der Waals surface area contributed by atoms with Gasteiger partial charge in [0.25, 0.3) is 0 Å². The van der Waals surface area contributed by atoms with Crippen LogP contribution in [0.15, 0.2) is 35.3 Å². The van der Waals surface area contributed by atoms with Gasteiger partial charge >= 0.3 is 0 Å². The highest BCUT2D eigenvalue weighted by atomic mass is 127. The van der Waals surface area contributed by atoms with E-state index in [1.807, 2.05) is 25.2 Å². The van der Waals surface area contributed by atoms with Crippen molar-refractivity contribution in [2.75, 3.05) is 65.5 Å². The molecule has 0 amide bonds. The molecule has 0 aromatic heterocycles. The average Bonchev–Trinajstić information content (AvgIpc) is 3.11. The van der Waals surface area contributed by atoms with Crippen molar-refractivity contribution in [1.82, 2.24) is 10.2 Å². The third-order valence-electron chi connectivity index (χ3n) is 4.32. The summed E-state index contributed by atoms with van der Waals surface area (Å²) in [5.74, 6) is 1.58. The van der Waals surface area contributed by atoms with Crippen LogP contribution in [0.3, 0.4) is 0 Å². The Hall–Kier alpha value is -1.06. The van der Waals surface area contributed by atoms with E-state index in [2.05, 4.69) is 32.7 Å². The molecule has 1 aliphatic rings. The minimum absolute atomic E-state index is 0. The maximum Gasteiger partial charge on any atom is 0.193 e. The predicted octanol–water partition coefficient (Wildman–Crippen LogP) is 2.67. The Kier molecular flexibility index (Phi) is 12.4. The second-order valence-corrected chi connectivity index (χ2v) is 6.29. The van der Waals surface area contributed by atoms with Gasteiger partial charge in [-0.1, -0.05) is 18.2 Å². The van der Waals surface area contributed by atoms with Crippen LogP contribution in [0.1, 0.15) is 12.8 Å². The van der Waals surface area contributed by atoms with E-state index in [0.29, 0.717) is 19.1 Å². The fourth-order valence-corrected chi connectivity index (χ4v) is 2.96. The lowest BCUT2D eigenvalue weighted by atomic mass is 10.1. The van der Waals surface area contributed by atoms with Crippen LogP contribution in [-0.4, -0.2) is 71.0 Å². The molecule has 1 fully saturated rings. The largest absolute Gasteiger partial charge is 0.385 e. The first-order valence-corrected chi connectivity index (χ1v) is 9.14. The van der Waals surface area contributed by atoms with E-state index in [9.17, 15) is 0 Å². The zero-order chi connectivity index (χ0) is 17.7. The highest BCUT2D eigenvalue weighted by Gasteiger charge is 2.24. The number of para-hydroxylation sites is 1. The summed E-state index contributed by atoms with van der Waals surface area (Å²) in [4.78, 5) is 6.75. The van der Waals surface area contributed by atoms with Crippen LogP contribution in [0, 0.1) is 5.92 Å². The molecule has 0 bridgehead atoms. The Morgan fingerprint density at radius 1 is 1.23 bits per heavy atom. The Bertz CT molecular complexity index is 502. The van der Waals surface area contributed by atoms with E-state index in [1.54, 1.807) is 7.11 Å². The number of ether oxygens (including phenoxy) is 2. The van der Waals surface area contributed by atoms with Gasteiger partial charge in [0.15, 0.2) is 5.96 Å². The molecular formula is C19H33IN4O2. The van der Waals surface area contributed by atoms with Crippen molar-refractivity contribution in [1.29, 1.82) is 0 Å². The molecule has 2 N–H and O–H groups in total. The number of guanidine groups is 1. The highest BCUT2D eigenvalue weighted by Crippen LogP contribution is 2.16. The van der Waals surface area contributed by atoms with Crippen molar-refractivity contribution in [3.05, 3.63) is 30.3 Å². The number of hydrogen-bond acceptors (Lipinski definition) is 4. The minimum Gasteiger partial charge on any atom is -0.385 e. The maximum atomic E-state index is 5.65. The lowest BCUT2D eigenvalue weighted by Crippen LogP contribution is -2.41. The molecule has 7 heteroatoms. The average molecular weight is 476 g/mol. The Morgan fingerprint density at radius 2 is 2.04 bits per heavy atom. The number of nitrogens with one attached hydrogen (secondary N) is 2. The summed E-state index contributed by atoms with van der Waals surface area (Å²) in [6, 6.07) is 10.3. The summed E-state index contributed by atoms with van der Waals surface area (Å²) in [5, 5.41) is 6.90. The second-order valence-electron chi connectivity index (χ2n) is 6.29. The van der Waals surface area contributed by atoms with Crippen molar-refractivity contribution in [3.63, 3.8) is 0 Å². The summed E-state index contributed by atoms with van der Waals surface area (Å²) in [5.41, 5.74) is 1.17. The van der Waals surface area contributed by atoms with Gasteiger partial charge in [0.1, 0.15) is 0 Å². The van der Waals surface area contributed by atoms with Crippen LogP contribution in [0.2, 0.25) is 0 Å².